The fourth-order valence-corrected chi connectivity index (χ4v) is 4.42. The van der Waals surface area contributed by atoms with Crippen LogP contribution in [0.15, 0.2) is 24.3 Å². The van der Waals surface area contributed by atoms with Gasteiger partial charge in [0.15, 0.2) is 0 Å². The van der Waals surface area contributed by atoms with E-state index in [1.54, 1.807) is 24.1 Å². The second kappa shape index (κ2) is 10.6. The highest BCUT2D eigenvalue weighted by Crippen LogP contribution is 2.27. The average molecular weight is 430 g/mol. The van der Waals surface area contributed by atoms with Crippen LogP contribution in [0, 0.1) is 11.8 Å². The minimum absolute atomic E-state index is 0.0375. The van der Waals surface area contributed by atoms with E-state index in [0.717, 1.165) is 31.4 Å². The first-order valence-electron chi connectivity index (χ1n) is 11.4. The van der Waals surface area contributed by atoms with E-state index < -0.39 is 12.0 Å². The van der Waals surface area contributed by atoms with E-state index in [1.165, 1.54) is 12.8 Å². The predicted octanol–water partition coefficient (Wildman–Crippen LogP) is 3.03. The lowest BCUT2D eigenvalue weighted by molar-refractivity contribution is -0.132. The summed E-state index contributed by atoms with van der Waals surface area (Å²) in [5.74, 6) is -0.241. The minimum atomic E-state index is -0.596. The molecule has 0 unspecified atom stereocenters. The molecule has 1 aliphatic carbocycles. The Hall–Kier alpha value is -2.57. The first-order chi connectivity index (χ1) is 14.9. The molecule has 2 aliphatic rings. The van der Waals surface area contributed by atoms with Crippen molar-refractivity contribution in [1.29, 1.82) is 0 Å². The molecule has 1 aromatic carbocycles. The van der Waals surface area contributed by atoms with E-state index in [-0.39, 0.29) is 36.1 Å². The molecule has 1 saturated carbocycles. The monoisotopic (exact) mass is 429 g/mol. The number of nitrogens with one attached hydrogen (secondary N) is 2. The zero-order valence-electron chi connectivity index (χ0n) is 18.9. The number of hydrogen-bond donors (Lipinski definition) is 2. The number of rotatable bonds is 7. The molecule has 2 N–H and O–H groups in total. The Morgan fingerprint density at radius 2 is 1.71 bits per heavy atom. The Labute approximate surface area is 184 Å². The van der Waals surface area contributed by atoms with Crippen LogP contribution in [0.25, 0.3) is 0 Å². The van der Waals surface area contributed by atoms with Gasteiger partial charge in [-0.2, -0.15) is 0 Å². The van der Waals surface area contributed by atoms with Crippen molar-refractivity contribution in [1.82, 2.24) is 10.6 Å². The number of benzene rings is 1. The smallest absolute Gasteiger partial charge is 0.243 e. The zero-order valence-corrected chi connectivity index (χ0v) is 18.9. The van der Waals surface area contributed by atoms with Crippen LogP contribution in [0.3, 0.4) is 0 Å². The van der Waals surface area contributed by atoms with Crippen LogP contribution in [0.2, 0.25) is 0 Å². The van der Waals surface area contributed by atoms with E-state index in [1.807, 2.05) is 26.0 Å². The van der Waals surface area contributed by atoms with Crippen LogP contribution in [0.1, 0.15) is 58.8 Å². The zero-order chi connectivity index (χ0) is 22.4. The predicted molar refractivity (Wildman–Crippen MR) is 120 cm³/mol. The molecule has 1 saturated heterocycles. The molecule has 0 aromatic heterocycles. The molecular formula is C24H35N3O4. The third-order valence-corrected chi connectivity index (χ3v) is 6.33. The maximum atomic E-state index is 12.9. The molecule has 170 valence electrons. The first-order valence-corrected chi connectivity index (χ1v) is 11.4. The molecule has 2 atom stereocenters. The quantitative estimate of drug-likeness (QED) is 0.652. The van der Waals surface area contributed by atoms with Crippen LogP contribution < -0.4 is 20.3 Å². The van der Waals surface area contributed by atoms with Crippen molar-refractivity contribution >= 4 is 23.4 Å². The molecular weight excluding hydrogens is 394 g/mol. The summed E-state index contributed by atoms with van der Waals surface area (Å²) in [6.07, 6.45) is 6.85. The second-order valence-corrected chi connectivity index (χ2v) is 9.03. The lowest BCUT2D eigenvalue weighted by Crippen LogP contribution is -2.53. The van der Waals surface area contributed by atoms with E-state index in [9.17, 15) is 14.4 Å². The molecule has 3 amide bonds. The molecule has 7 nitrogen and oxygen atoms in total. The van der Waals surface area contributed by atoms with Gasteiger partial charge in [0.25, 0.3) is 0 Å². The van der Waals surface area contributed by atoms with Gasteiger partial charge in [-0.25, -0.2) is 0 Å². The number of carbonyl (C=O) groups is 3. The average Bonchev–Trinajstić information content (AvgIpc) is 2.96. The second-order valence-electron chi connectivity index (χ2n) is 9.03. The van der Waals surface area contributed by atoms with Crippen molar-refractivity contribution in [2.45, 2.75) is 70.9 Å². The minimum Gasteiger partial charge on any atom is -0.497 e. The summed E-state index contributed by atoms with van der Waals surface area (Å²) in [7, 11) is 1.59. The fourth-order valence-electron chi connectivity index (χ4n) is 4.42. The number of amides is 3. The highest BCUT2D eigenvalue weighted by molar-refractivity contribution is 6.01. The molecule has 31 heavy (non-hydrogen) atoms. The summed E-state index contributed by atoms with van der Waals surface area (Å²) < 4.78 is 5.16. The summed E-state index contributed by atoms with van der Waals surface area (Å²) in [4.78, 5) is 40.0. The maximum Gasteiger partial charge on any atom is 0.243 e. The molecule has 0 radical (unpaired) electrons. The number of nitrogens with zero attached hydrogens (tertiary/aromatic N) is 1. The summed E-state index contributed by atoms with van der Waals surface area (Å²) in [5.41, 5.74) is 0.743. The van der Waals surface area contributed by atoms with Gasteiger partial charge in [-0.3, -0.25) is 14.4 Å². The van der Waals surface area contributed by atoms with Crippen molar-refractivity contribution < 1.29 is 19.1 Å². The highest BCUT2D eigenvalue weighted by Gasteiger charge is 2.37. The van der Waals surface area contributed by atoms with Gasteiger partial charge < -0.3 is 20.3 Å². The Bertz CT molecular complexity index is 770. The summed E-state index contributed by atoms with van der Waals surface area (Å²) >= 11 is 0. The molecule has 3 rings (SSSR count). The molecule has 1 heterocycles. The largest absolute Gasteiger partial charge is 0.497 e. The van der Waals surface area contributed by atoms with Gasteiger partial charge in [0, 0.05) is 24.7 Å². The van der Waals surface area contributed by atoms with Crippen molar-refractivity contribution in [2.75, 3.05) is 18.6 Å². The summed E-state index contributed by atoms with van der Waals surface area (Å²) in [5, 5.41) is 6.07. The number of ether oxygens (including phenoxy) is 1. The first kappa shape index (κ1) is 23.1. The molecule has 7 heteroatoms. The Morgan fingerprint density at radius 1 is 1.06 bits per heavy atom. The van der Waals surface area contributed by atoms with E-state index in [2.05, 4.69) is 10.6 Å². The van der Waals surface area contributed by atoms with Gasteiger partial charge in [-0.1, -0.05) is 39.5 Å². The molecule has 1 aromatic rings. The van der Waals surface area contributed by atoms with Crippen molar-refractivity contribution in [3.8, 4) is 5.75 Å². The molecule has 1 aliphatic heterocycles. The summed E-state index contributed by atoms with van der Waals surface area (Å²) in [6, 6.07) is 6.81. The molecule has 0 bridgehead atoms. The van der Waals surface area contributed by atoms with Crippen LogP contribution >= 0.6 is 0 Å². The maximum absolute atomic E-state index is 12.9. The number of anilines is 1. The lowest BCUT2D eigenvalue weighted by atomic mass is 10.00. The van der Waals surface area contributed by atoms with Gasteiger partial charge in [0.05, 0.1) is 13.0 Å². The standard InChI is InChI=1S/C24H35N3O4/c1-16(2)22(24(30)25-18-8-6-4-5-7-9-18)26-23(29)17-14-21(28)27(15-17)19-10-12-20(31-3)13-11-19/h10-13,16-18,22H,4-9,14-15H2,1-3H3,(H,25,30)(H,26,29)/t17-,22-/m0/s1. The van der Waals surface area contributed by atoms with E-state index in [0.29, 0.717) is 12.3 Å². The number of methoxy groups -OCH3 is 1. The van der Waals surface area contributed by atoms with Crippen molar-refractivity contribution in [3.05, 3.63) is 24.3 Å². The lowest BCUT2D eigenvalue weighted by Gasteiger charge is -2.26. The highest BCUT2D eigenvalue weighted by atomic mass is 16.5. The SMILES string of the molecule is COc1ccc(N2C[C@@H](C(=O)N[C@H](C(=O)NC3CCCCCC3)C(C)C)CC2=O)cc1. The van der Waals surface area contributed by atoms with Gasteiger partial charge in [-0.15, -0.1) is 0 Å². The van der Waals surface area contributed by atoms with Gasteiger partial charge in [-0.05, 0) is 43.0 Å². The Kier molecular flexibility index (Phi) is 7.93. The van der Waals surface area contributed by atoms with Crippen LogP contribution in [0.5, 0.6) is 5.75 Å². The van der Waals surface area contributed by atoms with Crippen molar-refractivity contribution in [3.63, 3.8) is 0 Å². The molecule has 2 fully saturated rings. The molecule has 0 spiro atoms. The Morgan fingerprint density at radius 3 is 2.29 bits per heavy atom. The normalized spacial score (nSPS) is 21.0. The third kappa shape index (κ3) is 5.99. The number of carbonyl (C=O) groups excluding carboxylic acids is 3. The van der Waals surface area contributed by atoms with E-state index in [4.69, 9.17) is 4.74 Å². The van der Waals surface area contributed by atoms with Crippen LogP contribution in [0.4, 0.5) is 5.69 Å². The van der Waals surface area contributed by atoms with Gasteiger partial charge in [0.1, 0.15) is 11.8 Å². The topological polar surface area (TPSA) is 87.7 Å². The summed E-state index contributed by atoms with van der Waals surface area (Å²) in [6.45, 7) is 4.17. The van der Waals surface area contributed by atoms with Gasteiger partial charge in [0.2, 0.25) is 17.7 Å². The van der Waals surface area contributed by atoms with Crippen molar-refractivity contribution in [2.24, 2.45) is 11.8 Å². The fraction of sp³-hybridized carbons (Fsp3) is 0.625. The van der Waals surface area contributed by atoms with E-state index >= 15 is 0 Å². The Balaban J connectivity index is 1.59. The number of hydrogen-bond acceptors (Lipinski definition) is 4. The van der Waals surface area contributed by atoms with Crippen LogP contribution in [-0.2, 0) is 14.4 Å². The third-order valence-electron chi connectivity index (χ3n) is 6.33. The van der Waals surface area contributed by atoms with Gasteiger partial charge >= 0.3 is 0 Å². The van der Waals surface area contributed by atoms with Crippen LogP contribution in [-0.4, -0.2) is 43.5 Å².